The highest BCUT2D eigenvalue weighted by Crippen LogP contribution is 2.19. The molecule has 0 unspecified atom stereocenters. The third kappa shape index (κ3) is 2.85. The van der Waals surface area contributed by atoms with Crippen molar-refractivity contribution in [3.63, 3.8) is 0 Å². The van der Waals surface area contributed by atoms with Crippen molar-refractivity contribution in [2.24, 2.45) is 0 Å². The number of aromatic amines is 1. The molecule has 0 aliphatic rings. The van der Waals surface area contributed by atoms with Gasteiger partial charge in [-0.05, 0) is 17.7 Å². The Morgan fingerprint density at radius 3 is 2.76 bits per heavy atom. The van der Waals surface area contributed by atoms with Crippen LogP contribution in [0.1, 0.15) is 5.82 Å². The zero-order valence-electron chi connectivity index (χ0n) is 9.24. The van der Waals surface area contributed by atoms with E-state index in [1.807, 2.05) is 12.1 Å². The normalized spacial score (nSPS) is 10.2. The number of H-pyrrole nitrogens is 1. The Bertz CT molecular complexity index is 520. The van der Waals surface area contributed by atoms with E-state index in [2.05, 4.69) is 14.7 Å². The Morgan fingerprint density at radius 1 is 1.41 bits per heavy atom. The van der Waals surface area contributed by atoms with Gasteiger partial charge in [-0.3, -0.25) is 4.79 Å². The molecule has 2 aromatic rings. The minimum Gasteiger partial charge on any atom is -0.469 e. The van der Waals surface area contributed by atoms with Crippen LogP contribution in [-0.2, 0) is 16.0 Å². The number of hydrogen-bond donors (Lipinski definition) is 1. The first-order chi connectivity index (χ1) is 8.19. The van der Waals surface area contributed by atoms with Gasteiger partial charge in [0.2, 0.25) is 0 Å². The summed E-state index contributed by atoms with van der Waals surface area (Å²) in [6, 6.07) is 7.38. The van der Waals surface area contributed by atoms with Crippen LogP contribution in [0.3, 0.4) is 0 Å². The third-order valence-corrected chi connectivity index (χ3v) is 2.58. The van der Waals surface area contributed by atoms with Crippen LogP contribution >= 0.6 is 11.6 Å². The van der Waals surface area contributed by atoms with E-state index in [4.69, 9.17) is 11.6 Å². The van der Waals surface area contributed by atoms with E-state index in [9.17, 15) is 4.79 Å². The van der Waals surface area contributed by atoms with Gasteiger partial charge in [0.1, 0.15) is 12.2 Å². The molecule has 1 aromatic heterocycles. The van der Waals surface area contributed by atoms with Crippen molar-refractivity contribution in [2.75, 3.05) is 7.11 Å². The highest BCUT2D eigenvalue weighted by Gasteiger charge is 2.07. The quantitative estimate of drug-likeness (QED) is 0.852. The van der Waals surface area contributed by atoms with Gasteiger partial charge in [0, 0.05) is 5.02 Å². The maximum absolute atomic E-state index is 11.1. The van der Waals surface area contributed by atoms with Gasteiger partial charge >= 0.3 is 5.97 Å². The number of nitrogens with one attached hydrogen (secondary N) is 1. The molecule has 0 fully saturated rings. The van der Waals surface area contributed by atoms with Crippen LogP contribution < -0.4 is 0 Å². The lowest BCUT2D eigenvalue weighted by atomic mass is 10.2. The van der Waals surface area contributed by atoms with Gasteiger partial charge in [0.25, 0.3) is 0 Å². The Balaban J connectivity index is 2.18. The lowest BCUT2D eigenvalue weighted by Crippen LogP contribution is -2.05. The number of ether oxygens (including phenoxy) is 1. The molecule has 4 nitrogen and oxygen atoms in total. The highest BCUT2D eigenvalue weighted by atomic mass is 35.5. The number of esters is 1. The van der Waals surface area contributed by atoms with Crippen LogP contribution in [0, 0.1) is 0 Å². The van der Waals surface area contributed by atoms with E-state index in [1.165, 1.54) is 7.11 Å². The lowest BCUT2D eigenvalue weighted by molar-refractivity contribution is -0.139. The second-order valence-electron chi connectivity index (χ2n) is 3.50. The molecule has 0 radical (unpaired) electrons. The van der Waals surface area contributed by atoms with Gasteiger partial charge in [-0.25, -0.2) is 4.98 Å². The van der Waals surface area contributed by atoms with Gasteiger partial charge in [0.15, 0.2) is 0 Å². The second kappa shape index (κ2) is 5.01. The third-order valence-electron chi connectivity index (χ3n) is 2.32. The number of benzene rings is 1. The van der Waals surface area contributed by atoms with Crippen molar-refractivity contribution in [3.05, 3.63) is 41.3 Å². The second-order valence-corrected chi connectivity index (χ2v) is 3.94. The Kier molecular flexibility index (Phi) is 3.44. The average molecular weight is 251 g/mol. The van der Waals surface area contributed by atoms with Crippen molar-refractivity contribution in [2.45, 2.75) is 6.42 Å². The Morgan fingerprint density at radius 2 is 2.12 bits per heavy atom. The van der Waals surface area contributed by atoms with Crippen molar-refractivity contribution in [3.8, 4) is 11.3 Å². The van der Waals surface area contributed by atoms with Crippen molar-refractivity contribution < 1.29 is 9.53 Å². The summed E-state index contributed by atoms with van der Waals surface area (Å²) in [5.74, 6) is 0.267. The summed E-state index contributed by atoms with van der Waals surface area (Å²) >= 11 is 5.80. The van der Waals surface area contributed by atoms with Crippen LogP contribution in [-0.4, -0.2) is 23.0 Å². The summed E-state index contributed by atoms with van der Waals surface area (Å²) in [5.41, 5.74) is 1.82. The number of imidazole rings is 1. The lowest BCUT2D eigenvalue weighted by Gasteiger charge is -1.97. The summed E-state index contributed by atoms with van der Waals surface area (Å²) in [6.07, 6.45) is 1.83. The van der Waals surface area contributed by atoms with Crippen LogP contribution in [0.15, 0.2) is 30.5 Å². The number of carbonyl (C=O) groups is 1. The Hall–Kier alpha value is -1.81. The van der Waals surface area contributed by atoms with Crippen molar-refractivity contribution in [1.29, 1.82) is 0 Å². The average Bonchev–Trinajstić information content (AvgIpc) is 2.78. The molecule has 0 atom stereocenters. The number of nitrogens with zero attached hydrogens (tertiary/aromatic N) is 1. The molecule has 0 amide bonds. The number of methoxy groups -OCH3 is 1. The fourth-order valence-corrected chi connectivity index (χ4v) is 1.56. The predicted molar refractivity (Wildman–Crippen MR) is 64.8 cm³/mol. The molecular formula is C12H11ClN2O2. The molecule has 0 saturated carbocycles. The summed E-state index contributed by atoms with van der Waals surface area (Å²) in [5, 5.41) is 0.683. The fourth-order valence-electron chi connectivity index (χ4n) is 1.44. The zero-order valence-corrected chi connectivity index (χ0v) is 9.99. The van der Waals surface area contributed by atoms with E-state index >= 15 is 0 Å². The summed E-state index contributed by atoms with van der Waals surface area (Å²) in [7, 11) is 1.35. The highest BCUT2D eigenvalue weighted by molar-refractivity contribution is 6.30. The van der Waals surface area contributed by atoms with Crippen LogP contribution in [0.5, 0.6) is 0 Å². The molecule has 0 aliphatic heterocycles. The van der Waals surface area contributed by atoms with Crippen LogP contribution in [0.4, 0.5) is 0 Å². The van der Waals surface area contributed by atoms with Crippen molar-refractivity contribution in [1.82, 2.24) is 9.97 Å². The number of halogens is 1. The predicted octanol–water partition coefficient (Wildman–Crippen LogP) is 2.45. The van der Waals surface area contributed by atoms with Gasteiger partial charge < -0.3 is 9.72 Å². The van der Waals surface area contributed by atoms with Gasteiger partial charge in [-0.1, -0.05) is 23.7 Å². The minimum atomic E-state index is -0.318. The standard InChI is InChI=1S/C12H11ClN2O2/c1-17-12(16)6-11-14-7-10(15-11)8-2-4-9(13)5-3-8/h2-5,7H,6H2,1H3,(H,14,15). The fraction of sp³-hybridized carbons (Fsp3) is 0.167. The SMILES string of the molecule is COC(=O)Cc1ncc(-c2ccc(Cl)cc2)[nH]1. The van der Waals surface area contributed by atoms with Crippen LogP contribution in [0.25, 0.3) is 11.3 Å². The van der Waals surface area contributed by atoms with E-state index in [0.717, 1.165) is 11.3 Å². The smallest absolute Gasteiger partial charge is 0.313 e. The zero-order chi connectivity index (χ0) is 12.3. The van der Waals surface area contributed by atoms with Gasteiger partial charge in [0.05, 0.1) is 19.0 Å². The first kappa shape index (κ1) is 11.7. The molecule has 0 bridgehead atoms. The summed E-state index contributed by atoms with van der Waals surface area (Å²) in [4.78, 5) is 18.2. The number of aromatic nitrogens is 2. The first-order valence-electron chi connectivity index (χ1n) is 5.05. The minimum absolute atomic E-state index is 0.143. The molecular weight excluding hydrogens is 240 g/mol. The molecule has 1 aromatic carbocycles. The topological polar surface area (TPSA) is 55.0 Å². The number of hydrogen-bond acceptors (Lipinski definition) is 3. The van der Waals surface area contributed by atoms with E-state index in [1.54, 1.807) is 18.3 Å². The molecule has 0 aliphatic carbocycles. The molecule has 2 rings (SSSR count). The van der Waals surface area contributed by atoms with E-state index < -0.39 is 0 Å². The monoisotopic (exact) mass is 250 g/mol. The first-order valence-corrected chi connectivity index (χ1v) is 5.43. The molecule has 1 heterocycles. The van der Waals surface area contributed by atoms with Gasteiger partial charge in [-0.2, -0.15) is 0 Å². The molecule has 88 valence electrons. The van der Waals surface area contributed by atoms with Gasteiger partial charge in [-0.15, -0.1) is 0 Å². The summed E-state index contributed by atoms with van der Waals surface area (Å²) in [6.45, 7) is 0. The number of rotatable bonds is 3. The summed E-state index contributed by atoms with van der Waals surface area (Å²) < 4.78 is 4.57. The van der Waals surface area contributed by atoms with Crippen molar-refractivity contribution >= 4 is 17.6 Å². The maximum atomic E-state index is 11.1. The number of carbonyl (C=O) groups excluding carboxylic acids is 1. The molecule has 17 heavy (non-hydrogen) atoms. The Labute approximate surface area is 104 Å². The van der Waals surface area contributed by atoms with E-state index in [0.29, 0.717) is 10.8 Å². The molecule has 1 N–H and O–H groups in total. The van der Waals surface area contributed by atoms with E-state index in [-0.39, 0.29) is 12.4 Å². The maximum Gasteiger partial charge on any atom is 0.313 e. The molecule has 0 saturated heterocycles. The molecule has 5 heteroatoms. The molecule has 0 spiro atoms. The largest absolute Gasteiger partial charge is 0.469 e. The van der Waals surface area contributed by atoms with Crippen LogP contribution in [0.2, 0.25) is 5.02 Å².